The Morgan fingerprint density at radius 3 is 2.27 bits per heavy atom. The van der Waals surface area contributed by atoms with Gasteiger partial charge < -0.3 is 4.74 Å². The van der Waals surface area contributed by atoms with Crippen molar-refractivity contribution in [3.05, 3.63) is 0 Å². The quantitative estimate of drug-likeness (QED) is 0.403. The maximum atomic E-state index is 10.9. The van der Waals surface area contributed by atoms with Gasteiger partial charge >= 0.3 is 5.43 Å². The van der Waals surface area contributed by atoms with E-state index in [1.807, 2.05) is 20.8 Å². The maximum absolute atomic E-state index is 10.9. The first-order chi connectivity index (χ1) is 7.06. The van der Waals surface area contributed by atoms with Crippen LogP contribution in [0.25, 0.3) is 0 Å². The van der Waals surface area contributed by atoms with Gasteiger partial charge in [0.2, 0.25) is 0 Å². The molecule has 1 rings (SSSR count). The highest BCUT2D eigenvalue weighted by Gasteiger charge is 2.65. The van der Waals surface area contributed by atoms with E-state index in [2.05, 4.69) is 0 Å². The Morgan fingerprint density at radius 2 is 2.00 bits per heavy atom. The Bertz CT molecular complexity index is 240. The molecule has 1 saturated heterocycles. The van der Waals surface area contributed by atoms with Crippen LogP contribution in [0.4, 0.5) is 4.79 Å². The molecule has 0 aromatic rings. The molecular formula is C10H17ClO4. The maximum Gasteiger partial charge on any atom is 0.404 e. The first kappa shape index (κ1) is 12.7. The Labute approximate surface area is 94.8 Å². The third-order valence-corrected chi connectivity index (χ3v) is 3.02. The van der Waals surface area contributed by atoms with Crippen LogP contribution in [0.1, 0.15) is 46.5 Å². The van der Waals surface area contributed by atoms with Crippen molar-refractivity contribution in [2.75, 3.05) is 0 Å². The minimum Gasteiger partial charge on any atom is -0.441 e. The molecular weight excluding hydrogens is 220 g/mol. The lowest BCUT2D eigenvalue weighted by atomic mass is 9.85. The van der Waals surface area contributed by atoms with Gasteiger partial charge in [0.15, 0.2) is 5.60 Å². The molecule has 1 fully saturated rings. The van der Waals surface area contributed by atoms with Crippen LogP contribution in [0.15, 0.2) is 0 Å². The van der Waals surface area contributed by atoms with Gasteiger partial charge in [0, 0.05) is 18.0 Å². The van der Waals surface area contributed by atoms with Crippen LogP contribution in [-0.2, 0) is 14.5 Å². The Balaban J connectivity index is 2.87. The summed E-state index contributed by atoms with van der Waals surface area (Å²) >= 11 is 5.30. The molecule has 0 N–H and O–H groups in total. The van der Waals surface area contributed by atoms with Crippen LogP contribution in [-0.4, -0.2) is 16.8 Å². The molecule has 1 aliphatic heterocycles. The largest absolute Gasteiger partial charge is 0.441 e. The van der Waals surface area contributed by atoms with Crippen molar-refractivity contribution < 1.29 is 19.3 Å². The number of hydrogen-bond acceptors (Lipinski definition) is 4. The van der Waals surface area contributed by atoms with Crippen LogP contribution in [0, 0.1) is 0 Å². The van der Waals surface area contributed by atoms with E-state index in [4.69, 9.17) is 26.1 Å². The predicted molar refractivity (Wildman–Crippen MR) is 55.5 cm³/mol. The average molecular weight is 237 g/mol. The highest BCUT2D eigenvalue weighted by Crippen LogP contribution is 2.49. The molecule has 0 amide bonds. The van der Waals surface area contributed by atoms with E-state index in [0.29, 0.717) is 19.3 Å². The SMILES string of the molecule is CCCC(CC)(OC(=O)Cl)C1(CC)OO1. The number of carbonyl (C=O) groups excluding carboxylic acids is 1. The number of rotatable bonds is 6. The van der Waals surface area contributed by atoms with Gasteiger partial charge in [-0.2, -0.15) is 9.78 Å². The predicted octanol–water partition coefficient (Wildman–Crippen LogP) is 3.38. The number of carbonyl (C=O) groups is 1. The van der Waals surface area contributed by atoms with Gasteiger partial charge in [-0.25, -0.2) is 4.79 Å². The second-order valence-corrected chi connectivity index (χ2v) is 4.02. The summed E-state index contributed by atoms with van der Waals surface area (Å²) in [7, 11) is 0. The molecule has 15 heavy (non-hydrogen) atoms. The molecule has 1 atom stereocenters. The summed E-state index contributed by atoms with van der Waals surface area (Å²) < 4.78 is 5.22. The van der Waals surface area contributed by atoms with Gasteiger partial charge in [-0.3, -0.25) is 0 Å². The minimum atomic E-state index is -0.808. The third-order valence-electron chi connectivity index (χ3n) is 2.94. The molecule has 88 valence electrons. The van der Waals surface area contributed by atoms with E-state index in [1.165, 1.54) is 0 Å². The Hall–Kier alpha value is -0.320. The van der Waals surface area contributed by atoms with Gasteiger partial charge in [-0.1, -0.05) is 27.2 Å². The van der Waals surface area contributed by atoms with E-state index in [1.54, 1.807) is 0 Å². The molecule has 0 aromatic carbocycles. The van der Waals surface area contributed by atoms with Crippen molar-refractivity contribution in [2.45, 2.75) is 57.8 Å². The Morgan fingerprint density at radius 1 is 1.40 bits per heavy atom. The summed E-state index contributed by atoms with van der Waals surface area (Å²) in [6.45, 7) is 5.87. The summed E-state index contributed by atoms with van der Waals surface area (Å²) in [5, 5.41) is 0. The lowest BCUT2D eigenvalue weighted by Crippen LogP contribution is -2.47. The van der Waals surface area contributed by atoms with Crippen LogP contribution >= 0.6 is 11.6 Å². The van der Waals surface area contributed by atoms with Gasteiger partial charge in [-0.15, -0.1) is 0 Å². The average Bonchev–Trinajstić information content (AvgIpc) is 2.97. The zero-order chi connectivity index (χ0) is 11.5. The topological polar surface area (TPSA) is 51.4 Å². The lowest BCUT2D eigenvalue weighted by Gasteiger charge is -2.33. The fourth-order valence-corrected chi connectivity index (χ4v) is 2.18. The molecule has 0 radical (unpaired) electrons. The van der Waals surface area contributed by atoms with Crippen molar-refractivity contribution in [1.29, 1.82) is 0 Å². The monoisotopic (exact) mass is 236 g/mol. The van der Waals surface area contributed by atoms with Gasteiger partial charge in [0.05, 0.1) is 0 Å². The van der Waals surface area contributed by atoms with Crippen molar-refractivity contribution in [3.8, 4) is 0 Å². The van der Waals surface area contributed by atoms with Gasteiger partial charge in [0.1, 0.15) is 0 Å². The van der Waals surface area contributed by atoms with Gasteiger partial charge in [-0.05, 0) is 12.8 Å². The first-order valence-corrected chi connectivity index (χ1v) is 5.69. The van der Waals surface area contributed by atoms with E-state index >= 15 is 0 Å². The lowest BCUT2D eigenvalue weighted by molar-refractivity contribution is -0.0576. The van der Waals surface area contributed by atoms with Crippen molar-refractivity contribution in [2.24, 2.45) is 0 Å². The second-order valence-electron chi connectivity index (χ2n) is 3.71. The van der Waals surface area contributed by atoms with Gasteiger partial charge in [0.25, 0.3) is 5.79 Å². The first-order valence-electron chi connectivity index (χ1n) is 5.31. The van der Waals surface area contributed by atoms with Crippen molar-refractivity contribution in [1.82, 2.24) is 0 Å². The molecule has 1 heterocycles. The molecule has 0 bridgehead atoms. The van der Waals surface area contributed by atoms with E-state index < -0.39 is 16.8 Å². The normalized spacial score (nSPS) is 21.9. The van der Waals surface area contributed by atoms with Crippen LogP contribution in [0.3, 0.4) is 0 Å². The highest BCUT2D eigenvalue weighted by atomic mass is 35.5. The van der Waals surface area contributed by atoms with Crippen molar-refractivity contribution in [3.63, 3.8) is 0 Å². The zero-order valence-corrected chi connectivity index (χ0v) is 10.1. The summed E-state index contributed by atoms with van der Waals surface area (Å²) in [5.41, 5.74) is -1.56. The second kappa shape index (κ2) is 4.68. The zero-order valence-electron chi connectivity index (χ0n) is 9.34. The van der Waals surface area contributed by atoms with Crippen LogP contribution in [0.2, 0.25) is 0 Å². The minimum absolute atomic E-state index is 0.618. The van der Waals surface area contributed by atoms with Crippen LogP contribution < -0.4 is 0 Å². The third kappa shape index (κ3) is 2.27. The fraction of sp³-hybridized carbons (Fsp3) is 0.900. The standard InChI is InChI=1S/C10H17ClO4/c1-4-7-9(5-2,13-8(11)12)10(6-3)14-15-10/h4-7H2,1-3H3. The van der Waals surface area contributed by atoms with E-state index in [0.717, 1.165) is 6.42 Å². The van der Waals surface area contributed by atoms with E-state index in [9.17, 15) is 4.79 Å². The molecule has 1 aliphatic rings. The van der Waals surface area contributed by atoms with E-state index in [-0.39, 0.29) is 0 Å². The molecule has 0 spiro atoms. The molecule has 0 saturated carbocycles. The summed E-state index contributed by atoms with van der Waals surface area (Å²) in [6.07, 6.45) is 2.79. The number of ether oxygens (including phenoxy) is 1. The molecule has 1 unspecified atom stereocenters. The molecule has 4 nitrogen and oxygen atoms in total. The summed E-state index contributed by atoms with van der Waals surface area (Å²) in [6, 6.07) is 0. The molecule has 0 aliphatic carbocycles. The summed E-state index contributed by atoms with van der Waals surface area (Å²) in [5.74, 6) is -0.789. The number of halogens is 1. The van der Waals surface area contributed by atoms with Crippen LogP contribution in [0.5, 0.6) is 0 Å². The molecule has 0 aromatic heterocycles. The number of hydrogen-bond donors (Lipinski definition) is 0. The fourth-order valence-electron chi connectivity index (χ4n) is 2.04. The summed E-state index contributed by atoms with van der Waals surface area (Å²) in [4.78, 5) is 21.0. The highest BCUT2D eigenvalue weighted by molar-refractivity contribution is 6.61. The smallest absolute Gasteiger partial charge is 0.404 e. The van der Waals surface area contributed by atoms with Crippen molar-refractivity contribution >= 4 is 17.0 Å². The Kier molecular flexibility index (Phi) is 3.98. The molecule has 5 heteroatoms.